The zero-order chi connectivity index (χ0) is 9.84. The minimum Gasteiger partial charge on any atom is -0.466 e. The third-order valence-electron chi connectivity index (χ3n) is 2.77. The molecule has 0 spiro atoms. The van der Waals surface area contributed by atoms with Gasteiger partial charge in [0.05, 0.1) is 6.61 Å². The van der Waals surface area contributed by atoms with E-state index in [0.717, 1.165) is 19.3 Å². The number of esters is 1. The minimum atomic E-state index is -0.163. The van der Waals surface area contributed by atoms with Gasteiger partial charge in [-0.15, -0.1) is 0 Å². The number of ether oxygens (including phenoxy) is 1. The summed E-state index contributed by atoms with van der Waals surface area (Å²) in [6, 6.07) is 0. The molecular weight excluding hydrogens is 164 g/mol. The second kappa shape index (κ2) is 4.45. The second-order valence-electron chi connectivity index (χ2n) is 3.97. The summed E-state index contributed by atoms with van der Waals surface area (Å²) in [5.74, 6) is 0.386. The van der Waals surface area contributed by atoms with Gasteiger partial charge in [-0.3, -0.25) is 4.79 Å². The topological polar surface area (TPSA) is 26.3 Å². The number of carbonyl (C=O) groups excluding carboxylic acids is 1. The van der Waals surface area contributed by atoms with E-state index in [9.17, 15) is 4.79 Å². The highest BCUT2D eigenvalue weighted by atomic mass is 16.5. The predicted octanol–water partition coefficient (Wildman–Crippen LogP) is 2.69. The van der Waals surface area contributed by atoms with Crippen LogP contribution in [-0.2, 0) is 9.53 Å². The van der Waals surface area contributed by atoms with Crippen molar-refractivity contribution in [3.63, 3.8) is 0 Å². The maximum Gasteiger partial charge on any atom is 0.302 e. The van der Waals surface area contributed by atoms with Crippen LogP contribution in [0.25, 0.3) is 0 Å². The monoisotopic (exact) mass is 182 g/mol. The molecule has 13 heavy (non-hydrogen) atoms. The van der Waals surface area contributed by atoms with Crippen molar-refractivity contribution in [2.75, 3.05) is 6.61 Å². The second-order valence-corrected chi connectivity index (χ2v) is 3.97. The van der Waals surface area contributed by atoms with E-state index < -0.39 is 0 Å². The van der Waals surface area contributed by atoms with Gasteiger partial charge >= 0.3 is 5.97 Å². The van der Waals surface area contributed by atoms with Crippen molar-refractivity contribution in [2.24, 2.45) is 5.92 Å². The zero-order valence-corrected chi connectivity index (χ0v) is 8.72. The molecule has 2 heteroatoms. The molecule has 0 amide bonds. The van der Waals surface area contributed by atoms with E-state index in [1.54, 1.807) is 0 Å². The summed E-state index contributed by atoms with van der Waals surface area (Å²) in [7, 11) is 0. The maximum absolute atomic E-state index is 10.6. The fourth-order valence-corrected chi connectivity index (χ4v) is 1.72. The standard InChI is InChI=1S/C11H18O2/c1-8-4-5-11(6-9(8)2)7-13-10(3)12/h11H,4-7H2,1-3H3. The van der Waals surface area contributed by atoms with Crippen LogP contribution in [-0.4, -0.2) is 12.6 Å². The normalized spacial score (nSPS) is 23.2. The number of hydrogen-bond donors (Lipinski definition) is 0. The molecule has 0 heterocycles. The molecule has 0 aromatic heterocycles. The van der Waals surface area contributed by atoms with Crippen LogP contribution in [0.2, 0.25) is 0 Å². The van der Waals surface area contributed by atoms with Crippen LogP contribution in [0.15, 0.2) is 11.1 Å². The first-order valence-electron chi connectivity index (χ1n) is 4.88. The molecule has 0 N–H and O–H groups in total. The van der Waals surface area contributed by atoms with Crippen molar-refractivity contribution >= 4 is 5.97 Å². The molecule has 0 fully saturated rings. The number of rotatable bonds is 2. The van der Waals surface area contributed by atoms with Crippen LogP contribution in [0.5, 0.6) is 0 Å². The van der Waals surface area contributed by atoms with Gasteiger partial charge in [0.25, 0.3) is 0 Å². The predicted molar refractivity (Wildman–Crippen MR) is 52.3 cm³/mol. The Bertz CT molecular complexity index is 228. The van der Waals surface area contributed by atoms with Crippen LogP contribution in [0.3, 0.4) is 0 Å². The highest BCUT2D eigenvalue weighted by Gasteiger charge is 2.17. The molecule has 0 saturated heterocycles. The molecule has 0 saturated carbocycles. The maximum atomic E-state index is 10.6. The van der Waals surface area contributed by atoms with E-state index in [1.807, 2.05) is 0 Å². The Hall–Kier alpha value is -0.790. The molecule has 1 atom stereocenters. The van der Waals surface area contributed by atoms with Crippen LogP contribution < -0.4 is 0 Å². The molecule has 1 aliphatic rings. The van der Waals surface area contributed by atoms with Crippen molar-refractivity contribution in [3.05, 3.63) is 11.1 Å². The van der Waals surface area contributed by atoms with Gasteiger partial charge in [0.1, 0.15) is 0 Å². The Morgan fingerprint density at radius 1 is 1.46 bits per heavy atom. The molecule has 74 valence electrons. The lowest BCUT2D eigenvalue weighted by atomic mass is 9.86. The van der Waals surface area contributed by atoms with Crippen LogP contribution in [0, 0.1) is 5.92 Å². The Labute approximate surface area is 80.0 Å². The van der Waals surface area contributed by atoms with Gasteiger partial charge in [0.15, 0.2) is 0 Å². The SMILES string of the molecule is CC(=O)OCC1CCC(C)=C(C)C1. The first-order chi connectivity index (χ1) is 6.09. The lowest BCUT2D eigenvalue weighted by Crippen LogP contribution is -2.16. The van der Waals surface area contributed by atoms with Crippen LogP contribution >= 0.6 is 0 Å². The average molecular weight is 182 g/mol. The number of allylic oxidation sites excluding steroid dienone is 2. The molecule has 0 aromatic rings. The Morgan fingerprint density at radius 3 is 2.69 bits per heavy atom. The highest BCUT2D eigenvalue weighted by Crippen LogP contribution is 2.28. The molecule has 0 radical (unpaired) electrons. The number of hydrogen-bond acceptors (Lipinski definition) is 2. The minimum absolute atomic E-state index is 0.163. The Kier molecular flexibility index (Phi) is 3.52. The molecular formula is C11H18O2. The summed E-state index contributed by atoms with van der Waals surface area (Å²) in [6.45, 7) is 6.43. The molecule has 1 aliphatic carbocycles. The summed E-state index contributed by atoms with van der Waals surface area (Å²) >= 11 is 0. The van der Waals surface area contributed by atoms with Gasteiger partial charge in [0.2, 0.25) is 0 Å². The van der Waals surface area contributed by atoms with E-state index in [4.69, 9.17) is 4.74 Å². The Morgan fingerprint density at radius 2 is 2.15 bits per heavy atom. The van der Waals surface area contributed by atoms with Gasteiger partial charge in [-0.2, -0.15) is 0 Å². The summed E-state index contributed by atoms with van der Waals surface area (Å²) in [5.41, 5.74) is 2.99. The molecule has 0 bridgehead atoms. The van der Waals surface area contributed by atoms with E-state index in [0.29, 0.717) is 12.5 Å². The molecule has 0 aromatic carbocycles. The zero-order valence-electron chi connectivity index (χ0n) is 8.72. The highest BCUT2D eigenvalue weighted by molar-refractivity contribution is 5.65. The quantitative estimate of drug-likeness (QED) is 0.485. The molecule has 2 nitrogen and oxygen atoms in total. The average Bonchev–Trinajstić information content (AvgIpc) is 2.07. The van der Waals surface area contributed by atoms with Crippen molar-refractivity contribution < 1.29 is 9.53 Å². The van der Waals surface area contributed by atoms with E-state index in [1.165, 1.54) is 18.1 Å². The van der Waals surface area contributed by atoms with Gasteiger partial charge in [0, 0.05) is 6.92 Å². The van der Waals surface area contributed by atoms with E-state index in [-0.39, 0.29) is 5.97 Å². The first-order valence-corrected chi connectivity index (χ1v) is 4.88. The van der Waals surface area contributed by atoms with Crippen molar-refractivity contribution in [3.8, 4) is 0 Å². The molecule has 0 aliphatic heterocycles. The van der Waals surface area contributed by atoms with Crippen molar-refractivity contribution in [1.29, 1.82) is 0 Å². The fraction of sp³-hybridized carbons (Fsp3) is 0.727. The first kappa shape index (κ1) is 10.3. The van der Waals surface area contributed by atoms with Crippen molar-refractivity contribution in [2.45, 2.75) is 40.0 Å². The fourth-order valence-electron chi connectivity index (χ4n) is 1.72. The summed E-state index contributed by atoms with van der Waals surface area (Å²) in [5, 5.41) is 0. The van der Waals surface area contributed by atoms with Gasteiger partial charge in [-0.25, -0.2) is 0 Å². The summed E-state index contributed by atoms with van der Waals surface area (Å²) in [6.07, 6.45) is 3.42. The van der Waals surface area contributed by atoms with E-state index in [2.05, 4.69) is 13.8 Å². The van der Waals surface area contributed by atoms with Crippen LogP contribution in [0.4, 0.5) is 0 Å². The third kappa shape index (κ3) is 3.21. The van der Waals surface area contributed by atoms with E-state index >= 15 is 0 Å². The smallest absolute Gasteiger partial charge is 0.302 e. The van der Waals surface area contributed by atoms with Crippen LogP contribution in [0.1, 0.15) is 40.0 Å². The largest absolute Gasteiger partial charge is 0.466 e. The van der Waals surface area contributed by atoms with Gasteiger partial charge in [-0.1, -0.05) is 11.1 Å². The molecule has 1 unspecified atom stereocenters. The van der Waals surface area contributed by atoms with Crippen molar-refractivity contribution in [1.82, 2.24) is 0 Å². The lowest BCUT2D eigenvalue weighted by molar-refractivity contribution is -0.142. The summed E-state index contributed by atoms with van der Waals surface area (Å²) < 4.78 is 5.00. The molecule has 1 rings (SSSR count). The lowest BCUT2D eigenvalue weighted by Gasteiger charge is -2.23. The third-order valence-corrected chi connectivity index (χ3v) is 2.77. The summed E-state index contributed by atoms with van der Waals surface area (Å²) in [4.78, 5) is 10.6. The van der Waals surface area contributed by atoms with Gasteiger partial charge < -0.3 is 4.74 Å². The van der Waals surface area contributed by atoms with Gasteiger partial charge in [-0.05, 0) is 39.0 Å². The number of carbonyl (C=O) groups is 1. The Balaban J connectivity index is 2.36.